The molecule has 0 aliphatic carbocycles. The summed E-state index contributed by atoms with van der Waals surface area (Å²) < 4.78 is 5.66. The first-order chi connectivity index (χ1) is 6.83. The van der Waals surface area contributed by atoms with Gasteiger partial charge in [-0.25, -0.2) is 10.4 Å². The predicted molar refractivity (Wildman–Crippen MR) is 55.7 cm³/mol. The van der Waals surface area contributed by atoms with Crippen molar-refractivity contribution in [2.24, 2.45) is 11.8 Å². The highest BCUT2D eigenvalue weighted by molar-refractivity contribution is 7.07. The molecule has 78 valence electrons. The fraction of sp³-hybridized carbons (Fsp3) is 0.667. The van der Waals surface area contributed by atoms with Crippen molar-refractivity contribution in [3.8, 4) is 0 Å². The van der Waals surface area contributed by atoms with E-state index in [0.717, 1.165) is 18.7 Å². The van der Waals surface area contributed by atoms with Crippen LogP contribution in [0.1, 0.15) is 25.1 Å². The van der Waals surface area contributed by atoms with Crippen LogP contribution in [-0.4, -0.2) is 17.7 Å². The van der Waals surface area contributed by atoms with Crippen LogP contribution in [0.5, 0.6) is 0 Å². The van der Waals surface area contributed by atoms with Crippen molar-refractivity contribution >= 4 is 11.3 Å². The third-order valence-electron chi connectivity index (χ3n) is 2.72. The topological polar surface area (TPSA) is 60.2 Å². The quantitative estimate of drug-likeness (QED) is 0.582. The lowest BCUT2D eigenvalue weighted by Gasteiger charge is -2.23. The van der Waals surface area contributed by atoms with Gasteiger partial charge in [-0.3, -0.25) is 5.84 Å². The van der Waals surface area contributed by atoms with Crippen molar-refractivity contribution in [2.75, 3.05) is 6.61 Å². The van der Waals surface area contributed by atoms with E-state index in [4.69, 9.17) is 10.6 Å². The second-order valence-corrected chi connectivity index (χ2v) is 4.38. The molecule has 2 heterocycles. The smallest absolute Gasteiger partial charge is 0.0904 e. The second kappa shape index (κ2) is 4.35. The molecule has 1 aromatic rings. The number of nitrogens with two attached hydrogens (primary N) is 1. The fourth-order valence-corrected chi connectivity index (χ4v) is 2.46. The van der Waals surface area contributed by atoms with Crippen LogP contribution in [0.2, 0.25) is 0 Å². The van der Waals surface area contributed by atoms with Crippen molar-refractivity contribution in [1.29, 1.82) is 0 Å². The molecule has 2 rings (SSSR count). The predicted octanol–water partition coefficient (Wildman–Crippen LogP) is 1.07. The first kappa shape index (κ1) is 10.0. The number of nitrogens with one attached hydrogen (secondary N) is 1. The first-order valence-electron chi connectivity index (χ1n) is 4.78. The van der Waals surface area contributed by atoms with Gasteiger partial charge >= 0.3 is 0 Å². The summed E-state index contributed by atoms with van der Waals surface area (Å²) in [7, 11) is 0. The molecule has 1 aliphatic heterocycles. The van der Waals surface area contributed by atoms with E-state index in [-0.39, 0.29) is 12.1 Å². The van der Waals surface area contributed by atoms with Crippen LogP contribution in [0.15, 0.2) is 10.9 Å². The van der Waals surface area contributed by atoms with Gasteiger partial charge in [0, 0.05) is 12.0 Å². The van der Waals surface area contributed by atoms with Gasteiger partial charge in [-0.05, 0) is 12.3 Å². The maximum absolute atomic E-state index is 5.66. The van der Waals surface area contributed by atoms with E-state index in [2.05, 4.69) is 17.3 Å². The van der Waals surface area contributed by atoms with Crippen molar-refractivity contribution in [2.45, 2.75) is 25.5 Å². The molecule has 3 unspecified atom stereocenters. The summed E-state index contributed by atoms with van der Waals surface area (Å²) in [5.41, 5.74) is 5.60. The van der Waals surface area contributed by atoms with Crippen LogP contribution in [0.25, 0.3) is 0 Å². The maximum atomic E-state index is 5.66. The standard InChI is InChI=1S/C9H15N3OS/c1-6-2-3-13-9(6)8(12-10)7-4-14-5-11-7/h4-6,8-9,12H,2-3,10H2,1H3. The summed E-state index contributed by atoms with van der Waals surface area (Å²) in [4.78, 5) is 4.26. The summed E-state index contributed by atoms with van der Waals surface area (Å²) in [6.07, 6.45) is 1.26. The van der Waals surface area contributed by atoms with E-state index >= 15 is 0 Å². The largest absolute Gasteiger partial charge is 0.376 e. The minimum atomic E-state index is 0.0266. The minimum Gasteiger partial charge on any atom is -0.376 e. The lowest BCUT2D eigenvalue weighted by Crippen LogP contribution is -2.38. The van der Waals surface area contributed by atoms with Gasteiger partial charge < -0.3 is 4.74 Å². The van der Waals surface area contributed by atoms with Crippen LogP contribution in [-0.2, 0) is 4.74 Å². The molecule has 1 aromatic heterocycles. The summed E-state index contributed by atoms with van der Waals surface area (Å²) in [6, 6.07) is 0.0266. The van der Waals surface area contributed by atoms with E-state index in [1.54, 1.807) is 11.3 Å². The second-order valence-electron chi connectivity index (χ2n) is 3.66. The number of aromatic nitrogens is 1. The van der Waals surface area contributed by atoms with Crippen LogP contribution in [0, 0.1) is 5.92 Å². The normalized spacial score (nSPS) is 29.3. The molecule has 0 radical (unpaired) electrons. The number of hydrazine groups is 1. The van der Waals surface area contributed by atoms with Gasteiger partial charge in [0.1, 0.15) is 0 Å². The van der Waals surface area contributed by atoms with Crippen LogP contribution in [0.3, 0.4) is 0 Å². The Morgan fingerprint density at radius 2 is 2.64 bits per heavy atom. The van der Waals surface area contributed by atoms with E-state index in [1.165, 1.54) is 0 Å². The molecule has 4 nitrogen and oxygen atoms in total. The number of rotatable bonds is 3. The van der Waals surface area contributed by atoms with Crippen molar-refractivity contribution in [1.82, 2.24) is 10.4 Å². The van der Waals surface area contributed by atoms with E-state index < -0.39 is 0 Å². The maximum Gasteiger partial charge on any atom is 0.0904 e. The zero-order chi connectivity index (χ0) is 9.97. The first-order valence-corrected chi connectivity index (χ1v) is 5.73. The number of hydrogen-bond acceptors (Lipinski definition) is 5. The highest BCUT2D eigenvalue weighted by Crippen LogP contribution is 2.30. The molecule has 0 spiro atoms. The molecule has 1 fully saturated rings. The Balaban J connectivity index is 2.13. The lowest BCUT2D eigenvalue weighted by molar-refractivity contribution is 0.0596. The number of nitrogens with zero attached hydrogens (tertiary/aromatic N) is 1. The van der Waals surface area contributed by atoms with Gasteiger partial charge in [-0.2, -0.15) is 0 Å². The van der Waals surface area contributed by atoms with E-state index in [1.807, 2.05) is 10.9 Å². The highest BCUT2D eigenvalue weighted by atomic mass is 32.1. The molecule has 3 N–H and O–H groups in total. The molecular weight excluding hydrogens is 198 g/mol. The molecule has 0 aromatic carbocycles. The average molecular weight is 213 g/mol. The van der Waals surface area contributed by atoms with Crippen molar-refractivity contribution in [3.05, 3.63) is 16.6 Å². The van der Waals surface area contributed by atoms with Gasteiger partial charge in [0.2, 0.25) is 0 Å². The zero-order valence-corrected chi connectivity index (χ0v) is 8.96. The van der Waals surface area contributed by atoms with Crippen molar-refractivity contribution < 1.29 is 4.74 Å². The molecular formula is C9H15N3OS. The van der Waals surface area contributed by atoms with Gasteiger partial charge in [0.25, 0.3) is 0 Å². The molecule has 1 saturated heterocycles. The van der Waals surface area contributed by atoms with Crippen LogP contribution in [0.4, 0.5) is 0 Å². The Hall–Kier alpha value is -0.490. The van der Waals surface area contributed by atoms with Crippen LogP contribution < -0.4 is 11.3 Å². The molecule has 1 aliphatic rings. The SMILES string of the molecule is CC1CCOC1C(NN)c1cscn1. The Kier molecular flexibility index (Phi) is 3.12. The Bertz CT molecular complexity index is 278. The summed E-state index contributed by atoms with van der Waals surface area (Å²) >= 11 is 1.58. The molecule has 14 heavy (non-hydrogen) atoms. The number of thiazole rings is 1. The van der Waals surface area contributed by atoms with Gasteiger partial charge in [-0.1, -0.05) is 6.92 Å². The Morgan fingerprint density at radius 3 is 3.14 bits per heavy atom. The number of hydrogen-bond donors (Lipinski definition) is 2. The monoisotopic (exact) mass is 213 g/mol. The minimum absolute atomic E-state index is 0.0266. The molecule has 5 heteroatoms. The van der Waals surface area contributed by atoms with E-state index in [9.17, 15) is 0 Å². The fourth-order valence-electron chi connectivity index (χ4n) is 1.87. The van der Waals surface area contributed by atoms with E-state index in [0.29, 0.717) is 5.92 Å². The summed E-state index contributed by atoms with van der Waals surface area (Å²) in [5.74, 6) is 6.08. The Labute approximate surface area is 87.4 Å². The Morgan fingerprint density at radius 1 is 1.79 bits per heavy atom. The highest BCUT2D eigenvalue weighted by Gasteiger charge is 2.33. The molecule has 0 bridgehead atoms. The summed E-state index contributed by atoms with van der Waals surface area (Å²) in [5, 5.41) is 2.01. The van der Waals surface area contributed by atoms with Crippen molar-refractivity contribution in [3.63, 3.8) is 0 Å². The molecule has 3 atom stereocenters. The molecule has 0 amide bonds. The number of ether oxygens (including phenoxy) is 1. The third kappa shape index (κ3) is 1.81. The summed E-state index contributed by atoms with van der Waals surface area (Å²) in [6.45, 7) is 3.02. The average Bonchev–Trinajstić information content (AvgIpc) is 2.80. The van der Waals surface area contributed by atoms with Crippen LogP contribution >= 0.6 is 11.3 Å². The van der Waals surface area contributed by atoms with Gasteiger partial charge in [0.15, 0.2) is 0 Å². The lowest BCUT2D eigenvalue weighted by atomic mass is 9.96. The molecule has 0 saturated carbocycles. The van der Waals surface area contributed by atoms with Gasteiger partial charge in [-0.15, -0.1) is 11.3 Å². The van der Waals surface area contributed by atoms with Gasteiger partial charge in [0.05, 0.1) is 23.4 Å². The third-order valence-corrected chi connectivity index (χ3v) is 3.33. The zero-order valence-electron chi connectivity index (χ0n) is 8.14.